The van der Waals surface area contributed by atoms with E-state index in [0.29, 0.717) is 16.7 Å². The van der Waals surface area contributed by atoms with Crippen molar-refractivity contribution in [3.8, 4) is 0 Å². The maximum absolute atomic E-state index is 8.95. The molecule has 2 unspecified atom stereocenters. The lowest BCUT2D eigenvalue weighted by molar-refractivity contribution is 0.352. The molecular formula is C28H25N5S2. The summed E-state index contributed by atoms with van der Waals surface area (Å²) in [4.78, 5) is 7.83. The molecule has 0 radical (unpaired) electrons. The molecule has 0 spiro atoms. The first-order chi connectivity index (χ1) is 17.2. The minimum atomic E-state index is -0.164. The fourth-order valence-electron chi connectivity index (χ4n) is 4.40. The molecule has 35 heavy (non-hydrogen) atoms. The zero-order valence-corrected chi connectivity index (χ0v) is 20.9. The van der Waals surface area contributed by atoms with Crippen LogP contribution in [0.2, 0.25) is 0 Å². The van der Waals surface area contributed by atoms with E-state index in [9.17, 15) is 0 Å². The van der Waals surface area contributed by atoms with Crippen LogP contribution in [-0.2, 0) is 6.54 Å². The van der Waals surface area contributed by atoms with Crippen LogP contribution in [0.25, 0.3) is 0 Å². The van der Waals surface area contributed by atoms with Gasteiger partial charge in [0.2, 0.25) is 0 Å². The number of hydrogen-bond acceptors (Lipinski definition) is 5. The third-order valence-corrected chi connectivity index (χ3v) is 7.38. The Labute approximate surface area is 215 Å². The highest BCUT2D eigenvalue weighted by molar-refractivity contribution is 8.18. The number of nitrogens with zero attached hydrogens (tertiary/aromatic N) is 2. The second-order valence-electron chi connectivity index (χ2n) is 8.24. The average Bonchev–Trinajstić information content (AvgIpc) is 3.46. The van der Waals surface area contributed by atoms with Gasteiger partial charge >= 0.3 is 0 Å². The molecule has 2 aromatic carbocycles. The molecule has 174 valence electrons. The summed E-state index contributed by atoms with van der Waals surface area (Å²) >= 11 is 7.06. The molecule has 0 bridgehead atoms. The highest BCUT2D eigenvalue weighted by atomic mass is 32.2. The number of allylic oxidation sites excluding steroid dienone is 5. The number of rotatable bonds is 6. The van der Waals surface area contributed by atoms with Gasteiger partial charge in [0.05, 0.1) is 10.8 Å². The van der Waals surface area contributed by atoms with Gasteiger partial charge in [-0.1, -0.05) is 84.6 Å². The summed E-state index contributed by atoms with van der Waals surface area (Å²) in [6, 6.07) is 20.4. The van der Waals surface area contributed by atoms with Crippen LogP contribution in [0.5, 0.6) is 0 Å². The molecule has 3 N–H and O–H groups in total. The Morgan fingerprint density at radius 2 is 1.89 bits per heavy atom. The fraction of sp³-hybridized carbons (Fsp3) is 0.143. The Hall–Kier alpha value is -3.48. The van der Waals surface area contributed by atoms with Gasteiger partial charge in [0, 0.05) is 30.0 Å². The Morgan fingerprint density at radius 1 is 1.14 bits per heavy atom. The molecule has 2 heterocycles. The highest BCUT2D eigenvalue weighted by Gasteiger charge is 2.36. The van der Waals surface area contributed by atoms with Crippen molar-refractivity contribution in [3.63, 3.8) is 0 Å². The lowest BCUT2D eigenvalue weighted by Gasteiger charge is -2.24. The monoisotopic (exact) mass is 495 g/mol. The highest BCUT2D eigenvalue weighted by Crippen LogP contribution is 2.39. The van der Waals surface area contributed by atoms with Crippen molar-refractivity contribution in [3.05, 3.63) is 124 Å². The second kappa shape index (κ2) is 10.4. The van der Waals surface area contributed by atoms with E-state index >= 15 is 0 Å². The van der Waals surface area contributed by atoms with E-state index < -0.39 is 0 Å². The Balaban J connectivity index is 1.56. The number of hydrogen-bond donors (Lipinski definition) is 3. The number of thiocarbonyl (C=S) groups is 1. The minimum absolute atomic E-state index is 0.0263. The Morgan fingerprint density at radius 3 is 2.57 bits per heavy atom. The van der Waals surface area contributed by atoms with Crippen LogP contribution in [0.1, 0.15) is 11.1 Å². The molecule has 2 aromatic rings. The molecule has 0 saturated carbocycles. The number of hydrazine groups is 1. The van der Waals surface area contributed by atoms with E-state index in [4.69, 9.17) is 22.6 Å². The van der Waals surface area contributed by atoms with Crippen LogP contribution in [0.15, 0.2) is 118 Å². The molecule has 5 rings (SSSR count). The largest absolute Gasteiger partial charge is 0.322 e. The van der Waals surface area contributed by atoms with Gasteiger partial charge in [-0.2, -0.15) is 0 Å². The first-order valence-electron chi connectivity index (χ1n) is 11.4. The summed E-state index contributed by atoms with van der Waals surface area (Å²) in [5.41, 5.74) is 14.6. The van der Waals surface area contributed by atoms with Crippen molar-refractivity contribution in [1.82, 2.24) is 15.8 Å². The predicted molar refractivity (Wildman–Crippen MR) is 149 cm³/mol. The summed E-state index contributed by atoms with van der Waals surface area (Å²) < 4.78 is 0. The maximum Gasteiger partial charge on any atom is 0.185 e. The van der Waals surface area contributed by atoms with E-state index in [-0.39, 0.29) is 12.1 Å². The van der Waals surface area contributed by atoms with Crippen molar-refractivity contribution < 1.29 is 0 Å². The van der Waals surface area contributed by atoms with Crippen LogP contribution < -0.4 is 10.9 Å². The zero-order valence-electron chi connectivity index (χ0n) is 19.2. The summed E-state index contributed by atoms with van der Waals surface area (Å²) in [5, 5.41) is 10.1. The van der Waals surface area contributed by atoms with Crippen LogP contribution in [-0.4, -0.2) is 34.0 Å². The summed E-state index contributed by atoms with van der Waals surface area (Å²) in [6.45, 7) is 0.673. The molecular weight excluding hydrogens is 470 g/mol. The first-order valence-corrected chi connectivity index (χ1v) is 12.6. The predicted octanol–water partition coefficient (Wildman–Crippen LogP) is 5.13. The first kappa shape index (κ1) is 23.3. The standard InChI is InChI=1S/C28H25N5S2/c1-30-25(21-15-9-4-10-16-21)24(20-13-7-3-8-14-20)22-17-23(35-26(22)29)27-31-32-28(34)33(27)18-19-11-5-2-6-12-19/h2-7,9-17,20,27,29,31H,18H2,1H3,(H,32,34)/b24-22-,29-26?,30-25?. The SMILES string of the molecule is CN=C(/C(=C1/C=C(C2NNC(=S)N2Cc2ccccc2)SC1=N)C1C=C=CC=C1)c1ccccc1. The van der Waals surface area contributed by atoms with E-state index in [1.165, 1.54) is 17.3 Å². The molecule has 1 aliphatic carbocycles. The van der Waals surface area contributed by atoms with Crippen molar-refractivity contribution in [2.75, 3.05) is 7.05 Å². The number of nitrogens with one attached hydrogen (secondary N) is 3. The average molecular weight is 496 g/mol. The van der Waals surface area contributed by atoms with E-state index in [1.54, 1.807) is 0 Å². The molecule has 2 aliphatic heterocycles. The molecule has 2 atom stereocenters. The third-order valence-electron chi connectivity index (χ3n) is 6.04. The van der Waals surface area contributed by atoms with Crippen LogP contribution in [0, 0.1) is 11.3 Å². The van der Waals surface area contributed by atoms with Crippen LogP contribution in [0.3, 0.4) is 0 Å². The third kappa shape index (κ3) is 4.85. The zero-order chi connectivity index (χ0) is 24.2. The van der Waals surface area contributed by atoms with E-state index in [0.717, 1.165) is 27.3 Å². The minimum Gasteiger partial charge on any atom is -0.322 e. The van der Waals surface area contributed by atoms with Crippen molar-refractivity contribution in [1.29, 1.82) is 5.41 Å². The molecule has 7 heteroatoms. The van der Waals surface area contributed by atoms with Crippen LogP contribution >= 0.6 is 24.0 Å². The van der Waals surface area contributed by atoms with Gasteiger partial charge < -0.3 is 4.90 Å². The number of benzene rings is 2. The molecule has 3 aliphatic rings. The van der Waals surface area contributed by atoms with Gasteiger partial charge in [-0.05, 0) is 47.1 Å². The summed E-state index contributed by atoms with van der Waals surface area (Å²) in [6.07, 6.45) is 10.0. The Bertz CT molecular complexity index is 1330. The van der Waals surface area contributed by atoms with Gasteiger partial charge in [0.1, 0.15) is 6.17 Å². The van der Waals surface area contributed by atoms with Gasteiger partial charge in [0.25, 0.3) is 0 Å². The number of thioether (sulfide) groups is 1. The van der Waals surface area contributed by atoms with Gasteiger partial charge in [-0.25, -0.2) is 5.43 Å². The van der Waals surface area contributed by atoms with E-state index in [1.807, 2.05) is 61.7 Å². The smallest absolute Gasteiger partial charge is 0.185 e. The van der Waals surface area contributed by atoms with Gasteiger partial charge in [-0.3, -0.25) is 15.8 Å². The maximum atomic E-state index is 8.95. The molecule has 0 amide bonds. The van der Waals surface area contributed by atoms with Crippen molar-refractivity contribution in [2.45, 2.75) is 12.7 Å². The molecule has 1 saturated heterocycles. The van der Waals surface area contributed by atoms with Crippen molar-refractivity contribution >= 4 is 39.8 Å². The summed E-state index contributed by atoms with van der Waals surface area (Å²) in [7, 11) is 1.81. The second-order valence-corrected chi connectivity index (χ2v) is 9.72. The molecule has 0 aromatic heterocycles. The fourth-order valence-corrected chi connectivity index (χ4v) is 5.62. The molecule has 5 nitrogen and oxygen atoms in total. The molecule has 1 fully saturated rings. The van der Waals surface area contributed by atoms with Gasteiger partial charge in [0.15, 0.2) is 5.11 Å². The van der Waals surface area contributed by atoms with Gasteiger partial charge in [-0.15, -0.1) is 5.73 Å². The Kier molecular flexibility index (Phi) is 6.93. The summed E-state index contributed by atoms with van der Waals surface area (Å²) in [5.74, 6) is -0.0263. The number of aliphatic imine (C=N–C) groups is 1. The topological polar surface area (TPSA) is 63.5 Å². The van der Waals surface area contributed by atoms with Crippen LogP contribution in [0.4, 0.5) is 0 Å². The quantitative estimate of drug-likeness (QED) is 0.295. The lowest BCUT2D eigenvalue weighted by Crippen LogP contribution is -2.37. The normalized spacial score (nSPS) is 23.1. The lowest BCUT2D eigenvalue weighted by atomic mass is 9.85. The van der Waals surface area contributed by atoms with E-state index in [2.05, 4.69) is 57.9 Å². The van der Waals surface area contributed by atoms with Crippen molar-refractivity contribution in [2.24, 2.45) is 10.9 Å².